The van der Waals surface area contributed by atoms with Crippen LogP contribution < -0.4 is 10.5 Å². The van der Waals surface area contributed by atoms with Crippen molar-refractivity contribution in [3.05, 3.63) is 52.1 Å². The summed E-state index contributed by atoms with van der Waals surface area (Å²) in [7, 11) is 0. The topological polar surface area (TPSA) is 48.1 Å². The molecular formula is C13H11BrClF3N2O. The van der Waals surface area contributed by atoms with Gasteiger partial charge < -0.3 is 10.5 Å². The SMILES string of the molecule is Cl.Nc1ncccc1OCc1ccc(C(F)(F)F)cc1Br. The van der Waals surface area contributed by atoms with Crippen LogP contribution >= 0.6 is 28.3 Å². The zero-order valence-electron chi connectivity index (χ0n) is 10.5. The van der Waals surface area contributed by atoms with Crippen LogP contribution in [0.2, 0.25) is 0 Å². The van der Waals surface area contributed by atoms with Crippen molar-refractivity contribution in [1.82, 2.24) is 4.98 Å². The number of pyridine rings is 1. The van der Waals surface area contributed by atoms with Crippen LogP contribution in [-0.2, 0) is 12.8 Å². The van der Waals surface area contributed by atoms with E-state index in [4.69, 9.17) is 10.5 Å². The smallest absolute Gasteiger partial charge is 0.416 e. The molecule has 114 valence electrons. The molecule has 1 aromatic heterocycles. The van der Waals surface area contributed by atoms with Crippen LogP contribution in [0.1, 0.15) is 11.1 Å². The molecule has 2 N–H and O–H groups in total. The molecule has 0 saturated heterocycles. The first-order chi connectivity index (χ1) is 9.38. The number of aromatic nitrogens is 1. The lowest BCUT2D eigenvalue weighted by molar-refractivity contribution is -0.137. The van der Waals surface area contributed by atoms with Crippen molar-refractivity contribution in [3.63, 3.8) is 0 Å². The number of hydrogen-bond acceptors (Lipinski definition) is 3. The van der Waals surface area contributed by atoms with Crippen LogP contribution in [0.5, 0.6) is 5.75 Å². The third-order valence-corrected chi connectivity index (χ3v) is 3.30. The Kier molecular flexibility index (Phi) is 5.86. The van der Waals surface area contributed by atoms with Gasteiger partial charge in [-0.25, -0.2) is 4.98 Å². The van der Waals surface area contributed by atoms with Crippen molar-refractivity contribution >= 4 is 34.2 Å². The zero-order valence-corrected chi connectivity index (χ0v) is 12.9. The second-order valence-corrected chi connectivity index (χ2v) is 4.83. The van der Waals surface area contributed by atoms with Gasteiger partial charge in [0.15, 0.2) is 11.6 Å². The van der Waals surface area contributed by atoms with Gasteiger partial charge in [-0.2, -0.15) is 13.2 Å². The van der Waals surface area contributed by atoms with E-state index in [0.717, 1.165) is 12.1 Å². The zero-order chi connectivity index (χ0) is 14.8. The quantitative estimate of drug-likeness (QED) is 0.852. The minimum atomic E-state index is -4.37. The van der Waals surface area contributed by atoms with Gasteiger partial charge in [-0.1, -0.05) is 22.0 Å². The molecule has 0 saturated carbocycles. The average Bonchev–Trinajstić information content (AvgIpc) is 2.38. The Morgan fingerprint density at radius 2 is 1.95 bits per heavy atom. The molecule has 1 aromatic carbocycles. The van der Waals surface area contributed by atoms with E-state index in [1.807, 2.05) is 0 Å². The molecule has 0 fully saturated rings. The van der Waals surface area contributed by atoms with Crippen molar-refractivity contribution in [1.29, 1.82) is 0 Å². The molecule has 0 spiro atoms. The maximum Gasteiger partial charge on any atom is 0.416 e. The average molecular weight is 384 g/mol. The van der Waals surface area contributed by atoms with E-state index in [1.54, 1.807) is 12.1 Å². The number of anilines is 1. The third kappa shape index (κ3) is 4.50. The Balaban J connectivity index is 0.00000220. The van der Waals surface area contributed by atoms with Crippen molar-refractivity contribution in [2.75, 3.05) is 5.73 Å². The molecule has 2 rings (SSSR count). The highest BCUT2D eigenvalue weighted by atomic mass is 79.9. The van der Waals surface area contributed by atoms with Crippen molar-refractivity contribution in [2.45, 2.75) is 12.8 Å². The van der Waals surface area contributed by atoms with Gasteiger partial charge in [0.05, 0.1) is 5.56 Å². The molecule has 21 heavy (non-hydrogen) atoms. The van der Waals surface area contributed by atoms with E-state index < -0.39 is 11.7 Å². The van der Waals surface area contributed by atoms with E-state index in [0.29, 0.717) is 15.8 Å². The Labute approximate surface area is 133 Å². The Bertz CT molecular complexity index is 623. The molecule has 8 heteroatoms. The fourth-order valence-electron chi connectivity index (χ4n) is 1.52. The lowest BCUT2D eigenvalue weighted by Gasteiger charge is -2.11. The molecule has 0 unspecified atom stereocenters. The third-order valence-electron chi connectivity index (χ3n) is 2.56. The van der Waals surface area contributed by atoms with E-state index >= 15 is 0 Å². The van der Waals surface area contributed by atoms with E-state index in [2.05, 4.69) is 20.9 Å². The van der Waals surface area contributed by atoms with E-state index in [-0.39, 0.29) is 24.8 Å². The molecule has 0 aliphatic heterocycles. The summed E-state index contributed by atoms with van der Waals surface area (Å²) < 4.78 is 43.3. The number of alkyl halides is 3. The molecule has 0 atom stereocenters. The Morgan fingerprint density at radius 3 is 2.52 bits per heavy atom. The second-order valence-electron chi connectivity index (χ2n) is 3.98. The van der Waals surface area contributed by atoms with Crippen LogP contribution in [0.4, 0.5) is 19.0 Å². The number of ether oxygens (including phenoxy) is 1. The minimum absolute atomic E-state index is 0. The predicted molar refractivity (Wildman–Crippen MR) is 79.4 cm³/mol. The standard InChI is InChI=1S/C13H10BrF3N2O.ClH/c14-10-6-9(13(15,16)17)4-3-8(10)7-20-11-2-1-5-19-12(11)18;/h1-6H,7H2,(H2,18,19);1H. The van der Waals surface area contributed by atoms with Gasteiger partial charge in [0.25, 0.3) is 0 Å². The molecule has 0 amide bonds. The molecule has 0 aliphatic carbocycles. The molecule has 0 aliphatic rings. The number of nitrogen functional groups attached to an aromatic ring is 1. The first-order valence-corrected chi connectivity index (χ1v) is 6.36. The van der Waals surface area contributed by atoms with Gasteiger partial charge in [-0.3, -0.25) is 0 Å². The highest BCUT2D eigenvalue weighted by Crippen LogP contribution is 2.32. The Hall–Kier alpha value is -1.47. The molecule has 1 heterocycles. The van der Waals surface area contributed by atoms with Crippen LogP contribution in [-0.4, -0.2) is 4.98 Å². The highest BCUT2D eigenvalue weighted by molar-refractivity contribution is 9.10. The van der Waals surface area contributed by atoms with Crippen LogP contribution in [0.25, 0.3) is 0 Å². The maximum atomic E-state index is 12.5. The lowest BCUT2D eigenvalue weighted by Crippen LogP contribution is -2.06. The van der Waals surface area contributed by atoms with Gasteiger partial charge in [0.2, 0.25) is 0 Å². The predicted octanol–water partition coefficient (Wildman–Crippen LogP) is 4.45. The monoisotopic (exact) mass is 382 g/mol. The first-order valence-electron chi connectivity index (χ1n) is 5.57. The van der Waals surface area contributed by atoms with Crippen LogP contribution in [0, 0.1) is 0 Å². The molecule has 0 radical (unpaired) electrons. The number of nitrogens with two attached hydrogens (primary N) is 1. The summed E-state index contributed by atoms with van der Waals surface area (Å²) >= 11 is 3.10. The summed E-state index contributed by atoms with van der Waals surface area (Å²) in [6, 6.07) is 6.69. The maximum absolute atomic E-state index is 12.5. The van der Waals surface area contributed by atoms with Gasteiger partial charge in [-0.05, 0) is 24.3 Å². The summed E-state index contributed by atoms with van der Waals surface area (Å²) in [6.07, 6.45) is -2.84. The number of halogens is 5. The van der Waals surface area contributed by atoms with Gasteiger partial charge in [0, 0.05) is 16.2 Å². The summed E-state index contributed by atoms with van der Waals surface area (Å²) in [5, 5.41) is 0. The summed E-state index contributed by atoms with van der Waals surface area (Å²) in [5.41, 5.74) is 5.48. The largest absolute Gasteiger partial charge is 0.485 e. The minimum Gasteiger partial charge on any atom is -0.485 e. The first kappa shape index (κ1) is 17.6. The fourth-order valence-corrected chi connectivity index (χ4v) is 2.01. The van der Waals surface area contributed by atoms with Crippen molar-refractivity contribution in [2.24, 2.45) is 0 Å². The van der Waals surface area contributed by atoms with E-state index in [9.17, 15) is 13.2 Å². The van der Waals surface area contributed by atoms with Gasteiger partial charge >= 0.3 is 6.18 Å². The van der Waals surface area contributed by atoms with E-state index in [1.165, 1.54) is 12.3 Å². The van der Waals surface area contributed by atoms with Crippen molar-refractivity contribution < 1.29 is 17.9 Å². The number of hydrogen-bond donors (Lipinski definition) is 1. The summed E-state index contributed by atoms with van der Waals surface area (Å²) in [4.78, 5) is 3.85. The summed E-state index contributed by atoms with van der Waals surface area (Å²) in [6.45, 7) is 0.0919. The summed E-state index contributed by atoms with van der Waals surface area (Å²) in [5.74, 6) is 0.620. The lowest BCUT2D eigenvalue weighted by atomic mass is 10.1. The number of benzene rings is 1. The molecule has 3 nitrogen and oxygen atoms in total. The molecule has 0 bridgehead atoms. The molecule has 2 aromatic rings. The normalized spacial score (nSPS) is 10.9. The highest BCUT2D eigenvalue weighted by Gasteiger charge is 2.30. The van der Waals surface area contributed by atoms with Crippen LogP contribution in [0.3, 0.4) is 0 Å². The number of rotatable bonds is 3. The molecular weight excluding hydrogens is 373 g/mol. The second kappa shape index (κ2) is 7.00. The van der Waals surface area contributed by atoms with Gasteiger partial charge in [0.1, 0.15) is 6.61 Å². The van der Waals surface area contributed by atoms with Gasteiger partial charge in [-0.15, -0.1) is 12.4 Å². The van der Waals surface area contributed by atoms with Crippen molar-refractivity contribution in [3.8, 4) is 5.75 Å². The fraction of sp³-hybridized carbons (Fsp3) is 0.154. The number of nitrogens with zero attached hydrogens (tertiary/aromatic N) is 1. The Morgan fingerprint density at radius 1 is 1.24 bits per heavy atom. The van der Waals surface area contributed by atoms with Crippen LogP contribution in [0.15, 0.2) is 41.0 Å².